The summed E-state index contributed by atoms with van der Waals surface area (Å²) in [6.45, 7) is 1.08. The van der Waals surface area contributed by atoms with Crippen molar-refractivity contribution in [3.05, 3.63) is 82.6 Å². The predicted octanol–water partition coefficient (Wildman–Crippen LogP) is 4.67. The minimum Gasteiger partial charge on any atom is -0.337 e. The maximum atomic E-state index is 14.5. The van der Waals surface area contributed by atoms with Crippen LogP contribution >= 0.6 is 15.9 Å². The molecule has 2 amide bonds. The predicted molar refractivity (Wildman–Crippen MR) is 159 cm³/mol. The second-order valence-electron chi connectivity index (χ2n) is 11.1. The summed E-state index contributed by atoms with van der Waals surface area (Å²) < 4.78 is 16.7. The highest BCUT2D eigenvalue weighted by Gasteiger charge is 2.46. The Balaban J connectivity index is 1.23. The quantitative estimate of drug-likeness (QED) is 0.207. The number of nitrogens with one attached hydrogen (secondary N) is 1. The maximum Gasteiger partial charge on any atom is 0.248 e. The number of halogens is 2. The number of ketones is 2. The Morgan fingerprint density at radius 2 is 1.86 bits per heavy atom. The van der Waals surface area contributed by atoms with Crippen molar-refractivity contribution in [1.82, 2.24) is 24.4 Å². The van der Waals surface area contributed by atoms with Gasteiger partial charge in [-0.05, 0) is 71.6 Å². The molecule has 2 atom stereocenters. The number of rotatable bonds is 9. The number of carbonyl (C=O) groups is 4. The lowest BCUT2D eigenvalue weighted by Crippen LogP contribution is -2.44. The molecule has 2 aliphatic rings. The first-order valence-electron chi connectivity index (χ1n) is 13.9. The number of aromatic nitrogens is 4. The molecule has 0 bridgehead atoms. The van der Waals surface area contributed by atoms with E-state index >= 15 is 0 Å². The van der Waals surface area contributed by atoms with Crippen molar-refractivity contribution >= 4 is 56.0 Å². The number of hydrogen-bond donors (Lipinski definition) is 1. The second kappa shape index (κ2) is 11.4. The first-order chi connectivity index (χ1) is 20.6. The van der Waals surface area contributed by atoms with E-state index in [1.165, 1.54) is 11.8 Å². The molecule has 0 unspecified atom stereocenters. The molecule has 6 rings (SSSR count). The molecule has 1 aliphatic carbocycles. The summed E-state index contributed by atoms with van der Waals surface area (Å²) in [6.07, 6.45) is 5.16. The van der Waals surface area contributed by atoms with Crippen molar-refractivity contribution in [2.45, 2.75) is 56.8 Å². The van der Waals surface area contributed by atoms with Gasteiger partial charge in [-0.1, -0.05) is 12.1 Å². The SMILES string of the molecule is CC(=O)c1cn(CC(=O)N2C[C@H](F)C[C@H]2C(=O)Nc2cccc(Br)n2)c2ccc(C3(CC(=O)c4ncccn4)CC3)cc12. The van der Waals surface area contributed by atoms with E-state index in [0.29, 0.717) is 26.9 Å². The summed E-state index contributed by atoms with van der Waals surface area (Å²) in [5.41, 5.74) is 1.68. The van der Waals surface area contributed by atoms with Crippen LogP contribution in [0, 0.1) is 0 Å². The van der Waals surface area contributed by atoms with Gasteiger partial charge in [-0.25, -0.2) is 19.3 Å². The van der Waals surface area contributed by atoms with Crippen molar-refractivity contribution in [3.63, 3.8) is 0 Å². The van der Waals surface area contributed by atoms with Crippen LogP contribution in [-0.2, 0) is 21.5 Å². The molecule has 220 valence electrons. The Bertz CT molecular complexity index is 1760. The van der Waals surface area contributed by atoms with Crippen molar-refractivity contribution in [2.75, 3.05) is 11.9 Å². The number of likely N-dealkylation sites (tertiary alicyclic amines) is 1. The molecule has 3 aromatic heterocycles. The molecule has 43 heavy (non-hydrogen) atoms. The number of carbonyl (C=O) groups excluding carboxylic acids is 4. The second-order valence-corrected chi connectivity index (χ2v) is 12.0. The van der Waals surface area contributed by atoms with Gasteiger partial charge in [0.25, 0.3) is 0 Å². The average Bonchev–Trinajstić information content (AvgIpc) is 3.51. The highest BCUT2D eigenvalue weighted by atomic mass is 79.9. The summed E-state index contributed by atoms with van der Waals surface area (Å²) in [7, 11) is 0. The lowest BCUT2D eigenvalue weighted by Gasteiger charge is -2.24. The summed E-state index contributed by atoms with van der Waals surface area (Å²) in [5, 5.41) is 3.34. The third-order valence-electron chi connectivity index (χ3n) is 8.19. The van der Waals surface area contributed by atoms with Crippen LogP contribution in [0.3, 0.4) is 0 Å². The van der Waals surface area contributed by atoms with Crippen LogP contribution in [0.2, 0.25) is 0 Å². The molecule has 1 saturated carbocycles. The highest BCUT2D eigenvalue weighted by molar-refractivity contribution is 9.10. The number of fused-ring (bicyclic) bond motifs is 1. The summed E-state index contributed by atoms with van der Waals surface area (Å²) >= 11 is 3.25. The number of amides is 2. The van der Waals surface area contributed by atoms with Crippen LogP contribution in [0.4, 0.5) is 10.2 Å². The van der Waals surface area contributed by atoms with Crippen LogP contribution in [-0.4, -0.2) is 66.6 Å². The molecule has 1 aliphatic heterocycles. The zero-order chi connectivity index (χ0) is 30.3. The minimum absolute atomic E-state index is 0.116. The average molecular weight is 648 g/mol. The van der Waals surface area contributed by atoms with Gasteiger partial charge in [-0.3, -0.25) is 19.2 Å². The summed E-state index contributed by atoms with van der Waals surface area (Å²) in [4.78, 5) is 65.7. The molecule has 1 N–H and O–H groups in total. The van der Waals surface area contributed by atoms with Gasteiger partial charge in [-0.2, -0.15) is 0 Å². The van der Waals surface area contributed by atoms with Gasteiger partial charge >= 0.3 is 0 Å². The van der Waals surface area contributed by atoms with Crippen LogP contribution < -0.4 is 5.32 Å². The standard InChI is InChI=1S/C31H28BrFN6O4/c1-18(40)22-16-38(17-28(42)39-15-20(33)13-24(39)30(43)37-27-5-2-4-26(32)36-27)23-7-6-19(12-21(22)23)31(8-9-31)14-25(41)29-34-10-3-11-35-29/h2-7,10-12,16,20,24H,8-9,13-15,17H2,1H3,(H,36,37,43)/t20-,24+/m1/s1. The zero-order valence-corrected chi connectivity index (χ0v) is 24.9. The van der Waals surface area contributed by atoms with Gasteiger partial charge in [0.1, 0.15) is 29.2 Å². The van der Waals surface area contributed by atoms with Gasteiger partial charge < -0.3 is 14.8 Å². The number of Topliss-reactive ketones (excluding diaryl/α,β-unsaturated/α-hetero) is 2. The Kier molecular flexibility index (Phi) is 7.63. The van der Waals surface area contributed by atoms with E-state index in [4.69, 9.17) is 0 Å². The van der Waals surface area contributed by atoms with Gasteiger partial charge in [-0.15, -0.1) is 0 Å². The Labute approximate surface area is 254 Å². The number of hydrogen-bond acceptors (Lipinski definition) is 7. The molecule has 0 spiro atoms. The third kappa shape index (κ3) is 5.83. The van der Waals surface area contributed by atoms with Crippen molar-refractivity contribution in [1.29, 1.82) is 0 Å². The van der Waals surface area contributed by atoms with E-state index in [9.17, 15) is 23.6 Å². The van der Waals surface area contributed by atoms with Gasteiger partial charge in [0.2, 0.25) is 17.6 Å². The monoisotopic (exact) mass is 646 g/mol. The van der Waals surface area contributed by atoms with Crippen LogP contribution in [0.5, 0.6) is 0 Å². The number of anilines is 1. The molecular formula is C31H28BrFN6O4. The van der Waals surface area contributed by atoms with Crippen LogP contribution in [0.15, 0.2) is 65.7 Å². The first-order valence-corrected chi connectivity index (χ1v) is 14.7. The smallest absolute Gasteiger partial charge is 0.248 e. The fourth-order valence-electron chi connectivity index (χ4n) is 5.82. The van der Waals surface area contributed by atoms with E-state index in [1.54, 1.807) is 47.4 Å². The Morgan fingerprint density at radius 3 is 2.56 bits per heavy atom. The lowest BCUT2D eigenvalue weighted by atomic mass is 9.89. The van der Waals surface area contributed by atoms with Gasteiger partial charge in [0.15, 0.2) is 11.6 Å². The van der Waals surface area contributed by atoms with E-state index in [0.717, 1.165) is 18.4 Å². The molecule has 1 aromatic carbocycles. The van der Waals surface area contributed by atoms with Gasteiger partial charge in [0, 0.05) is 53.3 Å². The first kappa shape index (κ1) is 28.8. The summed E-state index contributed by atoms with van der Waals surface area (Å²) in [6, 6.07) is 11.4. The molecular weight excluding hydrogens is 619 g/mol. The van der Waals surface area contributed by atoms with Crippen molar-refractivity contribution in [3.8, 4) is 0 Å². The van der Waals surface area contributed by atoms with Crippen molar-refractivity contribution < 1.29 is 23.6 Å². The lowest BCUT2D eigenvalue weighted by molar-refractivity contribution is -0.137. The number of benzene rings is 1. The topological polar surface area (TPSA) is 127 Å². The Morgan fingerprint density at radius 1 is 1.09 bits per heavy atom. The van der Waals surface area contributed by atoms with Crippen LogP contribution in [0.25, 0.3) is 10.9 Å². The largest absolute Gasteiger partial charge is 0.337 e. The van der Waals surface area contributed by atoms with Crippen molar-refractivity contribution in [2.24, 2.45) is 0 Å². The molecule has 10 nitrogen and oxygen atoms in total. The van der Waals surface area contributed by atoms with E-state index in [2.05, 4.69) is 36.2 Å². The maximum absolute atomic E-state index is 14.5. The highest BCUT2D eigenvalue weighted by Crippen LogP contribution is 2.52. The van der Waals surface area contributed by atoms with Gasteiger partial charge in [0.05, 0.1) is 6.54 Å². The molecule has 2 fully saturated rings. The third-order valence-corrected chi connectivity index (χ3v) is 8.63. The summed E-state index contributed by atoms with van der Waals surface area (Å²) in [5.74, 6) is -0.795. The van der Waals surface area contributed by atoms with Crippen LogP contribution in [0.1, 0.15) is 59.1 Å². The number of alkyl halides is 1. The number of pyridine rings is 1. The molecule has 0 radical (unpaired) electrons. The fourth-order valence-corrected chi connectivity index (χ4v) is 6.16. The fraction of sp³-hybridized carbons (Fsp3) is 0.323. The minimum atomic E-state index is -1.34. The number of nitrogens with zero attached hydrogens (tertiary/aromatic N) is 5. The van der Waals surface area contributed by atoms with E-state index in [1.807, 2.05) is 18.2 Å². The zero-order valence-electron chi connectivity index (χ0n) is 23.3. The molecule has 4 aromatic rings. The Hall–Kier alpha value is -4.32. The van der Waals surface area contributed by atoms with E-state index in [-0.39, 0.29) is 48.7 Å². The normalized spacial score (nSPS) is 18.9. The molecule has 4 heterocycles. The molecule has 1 saturated heterocycles. The molecule has 12 heteroatoms. The van der Waals surface area contributed by atoms with E-state index < -0.39 is 24.0 Å².